The molecule has 2 saturated heterocycles. The van der Waals surface area contributed by atoms with Crippen LogP contribution in [0.3, 0.4) is 0 Å². The van der Waals surface area contributed by atoms with Crippen molar-refractivity contribution in [2.24, 2.45) is 10.7 Å². The predicted octanol–water partition coefficient (Wildman–Crippen LogP) is 3.90. The van der Waals surface area contributed by atoms with Gasteiger partial charge in [-0.1, -0.05) is 12.1 Å². The van der Waals surface area contributed by atoms with E-state index >= 15 is 0 Å². The van der Waals surface area contributed by atoms with Crippen LogP contribution in [-0.4, -0.2) is 49.3 Å². The molecule has 1 aromatic heterocycles. The van der Waals surface area contributed by atoms with Crippen molar-refractivity contribution in [1.82, 2.24) is 15.6 Å². The Labute approximate surface area is 217 Å². The fourth-order valence-corrected chi connectivity index (χ4v) is 5.93. The van der Waals surface area contributed by atoms with E-state index in [-0.39, 0.29) is 5.91 Å². The maximum atomic E-state index is 13.8. The second-order valence-electron chi connectivity index (χ2n) is 10.7. The summed E-state index contributed by atoms with van der Waals surface area (Å²) in [5, 5.41) is 8.15. The largest absolute Gasteiger partial charge is 0.398 e. The SMILES string of the molecule is CN=C/C=C(\N)c1cc(C2(NC(=O)c3cc(N4CC5CCC(C4)N5)ccc3C)CC2)c2cccnc2c1. The fraction of sp³-hybridized carbons (Fsp3) is 0.367. The molecule has 3 aliphatic rings. The van der Waals surface area contributed by atoms with Gasteiger partial charge in [0, 0.05) is 67.0 Å². The van der Waals surface area contributed by atoms with Gasteiger partial charge >= 0.3 is 0 Å². The molecule has 1 aliphatic carbocycles. The first-order valence-corrected chi connectivity index (χ1v) is 13.2. The first kappa shape index (κ1) is 23.7. The normalized spacial score (nSPS) is 22.5. The van der Waals surface area contributed by atoms with Crippen LogP contribution in [0.1, 0.15) is 52.7 Å². The molecular formula is C30H34N6O. The van der Waals surface area contributed by atoms with Gasteiger partial charge in [0.05, 0.1) is 11.1 Å². The number of carbonyl (C=O) groups is 1. The molecule has 2 aromatic carbocycles. The summed E-state index contributed by atoms with van der Waals surface area (Å²) in [7, 11) is 1.72. The highest BCUT2D eigenvalue weighted by molar-refractivity contribution is 5.98. The Morgan fingerprint density at radius 3 is 2.70 bits per heavy atom. The van der Waals surface area contributed by atoms with Gasteiger partial charge in [-0.2, -0.15) is 0 Å². The quantitative estimate of drug-likeness (QED) is 0.452. The van der Waals surface area contributed by atoms with Crippen LogP contribution >= 0.6 is 0 Å². The third-order valence-electron chi connectivity index (χ3n) is 8.12. The number of allylic oxidation sites excluding steroid dienone is 1. The molecule has 2 atom stereocenters. The number of rotatable bonds is 6. The van der Waals surface area contributed by atoms with Gasteiger partial charge in [0.15, 0.2) is 0 Å². The van der Waals surface area contributed by atoms with Gasteiger partial charge in [-0.05, 0) is 85.7 Å². The van der Waals surface area contributed by atoms with Crippen LogP contribution in [0.2, 0.25) is 0 Å². The molecule has 2 unspecified atom stereocenters. The van der Waals surface area contributed by atoms with Gasteiger partial charge in [0.2, 0.25) is 0 Å². The van der Waals surface area contributed by atoms with E-state index in [1.807, 2.05) is 19.1 Å². The number of hydrogen-bond acceptors (Lipinski definition) is 6. The summed E-state index contributed by atoms with van der Waals surface area (Å²) in [5.41, 5.74) is 12.2. The molecule has 1 saturated carbocycles. The summed E-state index contributed by atoms with van der Waals surface area (Å²) in [6.45, 7) is 4.00. The van der Waals surface area contributed by atoms with Crippen molar-refractivity contribution in [2.45, 2.75) is 50.2 Å². The molecule has 3 heterocycles. The number of benzene rings is 2. The molecule has 190 valence electrons. The third-order valence-corrected chi connectivity index (χ3v) is 8.12. The van der Waals surface area contributed by atoms with Crippen molar-refractivity contribution < 1.29 is 4.79 Å². The predicted molar refractivity (Wildman–Crippen MR) is 150 cm³/mol. The number of hydrogen-bond donors (Lipinski definition) is 3. The van der Waals surface area contributed by atoms with Crippen molar-refractivity contribution in [2.75, 3.05) is 25.0 Å². The van der Waals surface area contributed by atoms with Crippen molar-refractivity contribution in [3.05, 3.63) is 77.0 Å². The highest BCUT2D eigenvalue weighted by atomic mass is 16.1. The summed E-state index contributed by atoms with van der Waals surface area (Å²) >= 11 is 0. The van der Waals surface area contributed by atoms with Crippen LogP contribution in [0.25, 0.3) is 16.6 Å². The number of nitrogens with one attached hydrogen (secondary N) is 2. The highest BCUT2D eigenvalue weighted by Gasteiger charge is 2.47. The number of aliphatic imine (C=N–C) groups is 1. The minimum Gasteiger partial charge on any atom is -0.398 e. The van der Waals surface area contributed by atoms with Crippen LogP contribution in [0.15, 0.2) is 59.7 Å². The summed E-state index contributed by atoms with van der Waals surface area (Å²) < 4.78 is 0. The summed E-state index contributed by atoms with van der Waals surface area (Å²) in [6, 6.07) is 15.5. The number of anilines is 1. The number of fused-ring (bicyclic) bond motifs is 3. The lowest BCUT2D eigenvalue weighted by atomic mass is 9.94. The van der Waals surface area contributed by atoms with E-state index in [1.54, 1.807) is 25.5 Å². The van der Waals surface area contributed by atoms with E-state index in [0.29, 0.717) is 17.8 Å². The minimum absolute atomic E-state index is 0.0287. The average molecular weight is 495 g/mol. The summed E-state index contributed by atoms with van der Waals surface area (Å²) in [4.78, 5) is 24.8. The third kappa shape index (κ3) is 4.48. The second kappa shape index (κ2) is 9.30. The van der Waals surface area contributed by atoms with Crippen molar-refractivity contribution in [3.63, 3.8) is 0 Å². The van der Waals surface area contributed by atoms with Crippen LogP contribution in [0.4, 0.5) is 5.69 Å². The molecule has 4 N–H and O–H groups in total. The smallest absolute Gasteiger partial charge is 0.252 e. The van der Waals surface area contributed by atoms with Crippen LogP contribution in [-0.2, 0) is 5.54 Å². The maximum absolute atomic E-state index is 13.8. The van der Waals surface area contributed by atoms with Crippen molar-refractivity contribution in [3.8, 4) is 0 Å². The molecule has 0 radical (unpaired) electrons. The molecule has 3 aromatic rings. The second-order valence-corrected chi connectivity index (χ2v) is 10.7. The van der Waals surface area contributed by atoms with Gasteiger partial charge in [0.25, 0.3) is 5.91 Å². The number of nitrogens with two attached hydrogens (primary N) is 1. The molecule has 37 heavy (non-hydrogen) atoms. The lowest BCUT2D eigenvalue weighted by Crippen LogP contribution is -2.51. The Balaban J connectivity index is 1.32. The number of nitrogens with zero attached hydrogens (tertiary/aromatic N) is 3. The molecule has 6 rings (SSSR count). The van der Waals surface area contributed by atoms with Crippen molar-refractivity contribution >= 4 is 34.4 Å². The Bertz CT molecular complexity index is 1410. The minimum atomic E-state index is -0.426. The lowest BCUT2D eigenvalue weighted by Gasteiger charge is -2.35. The molecule has 1 amide bonds. The number of pyridine rings is 1. The van der Waals surface area contributed by atoms with Crippen LogP contribution < -0.4 is 21.3 Å². The van der Waals surface area contributed by atoms with Gasteiger partial charge < -0.3 is 21.3 Å². The monoisotopic (exact) mass is 494 g/mol. The highest BCUT2D eigenvalue weighted by Crippen LogP contribution is 2.48. The standard InChI is InChI=1S/C30H34N6O/c1-19-5-8-23(36-17-21-6-7-22(18-36)34-21)16-25(19)29(37)35-30(10-11-30)26-14-20(27(31)9-13-32-2)15-28-24(26)4-3-12-33-28/h3-5,8-9,12-16,21-22,34H,6-7,10-11,17-18,31H2,1-2H3,(H,35,37)/b27-9-,32-13?. The molecule has 7 nitrogen and oxygen atoms in total. The molecular weight excluding hydrogens is 460 g/mol. The first-order valence-electron chi connectivity index (χ1n) is 13.2. The molecule has 3 fully saturated rings. The van der Waals surface area contributed by atoms with E-state index in [2.05, 4.69) is 55.8 Å². The van der Waals surface area contributed by atoms with E-state index in [0.717, 1.165) is 64.8 Å². The zero-order valence-electron chi connectivity index (χ0n) is 21.5. The first-order chi connectivity index (χ1) is 18.0. The maximum Gasteiger partial charge on any atom is 0.252 e. The van der Waals surface area contributed by atoms with Gasteiger partial charge in [-0.25, -0.2) is 0 Å². The van der Waals surface area contributed by atoms with Crippen molar-refractivity contribution in [1.29, 1.82) is 0 Å². The average Bonchev–Trinajstić information content (AvgIpc) is 3.62. The summed E-state index contributed by atoms with van der Waals surface area (Å²) in [5.74, 6) is -0.0287. The van der Waals surface area contributed by atoms with Gasteiger partial charge in [0.1, 0.15) is 0 Å². The zero-order chi connectivity index (χ0) is 25.6. The zero-order valence-corrected chi connectivity index (χ0v) is 21.5. The Morgan fingerprint density at radius 1 is 1.19 bits per heavy atom. The lowest BCUT2D eigenvalue weighted by molar-refractivity contribution is 0.0930. The molecule has 2 aliphatic heterocycles. The number of aryl methyl sites for hydroxylation is 1. The van der Waals surface area contributed by atoms with E-state index in [4.69, 9.17) is 5.73 Å². The van der Waals surface area contributed by atoms with Gasteiger partial charge in [-0.15, -0.1) is 0 Å². The Kier molecular flexibility index (Phi) is 5.95. The fourth-order valence-electron chi connectivity index (χ4n) is 5.93. The van der Waals surface area contributed by atoms with Crippen LogP contribution in [0, 0.1) is 6.92 Å². The number of piperazine rings is 1. The topological polar surface area (TPSA) is 95.6 Å². The van der Waals surface area contributed by atoms with E-state index in [1.165, 1.54) is 12.8 Å². The summed E-state index contributed by atoms with van der Waals surface area (Å²) in [6.07, 6.45) is 9.50. The number of carbonyl (C=O) groups excluding carboxylic acids is 1. The van der Waals surface area contributed by atoms with Gasteiger partial charge in [-0.3, -0.25) is 14.8 Å². The Morgan fingerprint density at radius 2 is 1.97 bits per heavy atom. The molecule has 2 bridgehead atoms. The molecule has 0 spiro atoms. The Hall–Kier alpha value is -3.71. The van der Waals surface area contributed by atoms with Crippen LogP contribution in [0.5, 0.6) is 0 Å². The number of aromatic nitrogens is 1. The molecule has 7 heteroatoms. The number of amides is 1. The van der Waals surface area contributed by atoms with E-state index in [9.17, 15) is 4.79 Å². The van der Waals surface area contributed by atoms with E-state index < -0.39 is 5.54 Å².